The van der Waals surface area contributed by atoms with Gasteiger partial charge in [-0.05, 0) is 24.1 Å². The molecule has 0 saturated carbocycles. The van der Waals surface area contributed by atoms with Crippen LogP contribution in [-0.4, -0.2) is 5.11 Å². The van der Waals surface area contributed by atoms with E-state index in [0.717, 1.165) is 33.1 Å². The van der Waals surface area contributed by atoms with E-state index in [1.54, 1.807) is 0 Å². The van der Waals surface area contributed by atoms with Gasteiger partial charge >= 0.3 is 0 Å². The van der Waals surface area contributed by atoms with E-state index < -0.39 is 0 Å². The van der Waals surface area contributed by atoms with Crippen LogP contribution in [0.25, 0.3) is 21.9 Å². The summed E-state index contributed by atoms with van der Waals surface area (Å²) in [6.45, 7) is 2.04. The van der Waals surface area contributed by atoms with Gasteiger partial charge in [-0.1, -0.05) is 30.3 Å². The van der Waals surface area contributed by atoms with Gasteiger partial charge in [0.25, 0.3) is 0 Å². The summed E-state index contributed by atoms with van der Waals surface area (Å²) in [5, 5.41) is 11.5. The molecule has 0 aliphatic rings. The summed E-state index contributed by atoms with van der Waals surface area (Å²) < 4.78 is 5.81. The van der Waals surface area contributed by atoms with Crippen molar-refractivity contribution in [3.63, 3.8) is 0 Å². The maximum Gasteiger partial charge on any atom is 0.138 e. The lowest BCUT2D eigenvalue weighted by atomic mass is 10.0. The average Bonchev–Trinajstić information content (AvgIpc) is 2.69. The molecule has 0 aliphatic heterocycles. The molecule has 2 heteroatoms. The van der Waals surface area contributed by atoms with E-state index in [4.69, 9.17) is 4.42 Å². The van der Waals surface area contributed by atoms with Gasteiger partial charge in [0.1, 0.15) is 11.2 Å². The minimum atomic E-state index is 0.0544. The minimum Gasteiger partial charge on any atom is -0.456 e. The fourth-order valence-corrected chi connectivity index (χ4v) is 2.14. The third-order valence-corrected chi connectivity index (χ3v) is 3.08. The molecular formula is C14H12O2. The summed E-state index contributed by atoms with van der Waals surface area (Å²) in [6.07, 6.45) is 0. The topological polar surface area (TPSA) is 33.4 Å². The van der Waals surface area contributed by atoms with Crippen molar-refractivity contribution in [3.05, 3.63) is 47.5 Å². The zero-order valence-electron chi connectivity index (χ0n) is 9.03. The summed E-state index contributed by atoms with van der Waals surface area (Å²) in [5.74, 6) is 0. The van der Waals surface area contributed by atoms with Crippen molar-refractivity contribution in [1.29, 1.82) is 0 Å². The molecule has 1 N–H and O–H groups in total. The Kier molecular flexibility index (Phi) is 1.98. The van der Waals surface area contributed by atoms with Gasteiger partial charge in [-0.3, -0.25) is 0 Å². The molecule has 2 aromatic carbocycles. The lowest BCUT2D eigenvalue weighted by Crippen LogP contribution is -1.87. The standard InChI is InChI=1S/C14H12O2/c1-9-10(8-15)6-7-12-11-4-2-3-5-13(11)16-14(9)12/h2-7,15H,8H2,1H3. The molecule has 0 bridgehead atoms. The van der Waals surface area contributed by atoms with Crippen molar-refractivity contribution >= 4 is 21.9 Å². The Labute approximate surface area is 93.1 Å². The first-order chi connectivity index (χ1) is 7.81. The van der Waals surface area contributed by atoms with Crippen LogP contribution in [-0.2, 0) is 6.61 Å². The highest BCUT2D eigenvalue weighted by atomic mass is 16.3. The van der Waals surface area contributed by atoms with Gasteiger partial charge in [0.15, 0.2) is 0 Å². The van der Waals surface area contributed by atoms with Crippen LogP contribution < -0.4 is 0 Å². The number of aryl methyl sites for hydroxylation is 1. The highest BCUT2D eigenvalue weighted by Crippen LogP contribution is 2.31. The zero-order chi connectivity index (χ0) is 11.1. The Balaban J connectivity index is 2.49. The lowest BCUT2D eigenvalue weighted by Gasteiger charge is -2.01. The molecule has 2 nitrogen and oxygen atoms in total. The predicted molar refractivity (Wildman–Crippen MR) is 64.4 cm³/mol. The molecule has 0 radical (unpaired) electrons. The van der Waals surface area contributed by atoms with Crippen LogP contribution >= 0.6 is 0 Å². The first-order valence-electron chi connectivity index (χ1n) is 5.32. The van der Waals surface area contributed by atoms with Crippen LogP contribution in [0.2, 0.25) is 0 Å². The Hall–Kier alpha value is -1.80. The van der Waals surface area contributed by atoms with Crippen LogP contribution in [0.15, 0.2) is 40.8 Å². The Morgan fingerprint density at radius 3 is 2.69 bits per heavy atom. The molecule has 1 heterocycles. The third-order valence-electron chi connectivity index (χ3n) is 3.08. The Bertz CT molecular complexity index is 665. The van der Waals surface area contributed by atoms with Gasteiger partial charge in [-0.25, -0.2) is 0 Å². The van der Waals surface area contributed by atoms with Crippen molar-refractivity contribution in [2.75, 3.05) is 0 Å². The summed E-state index contributed by atoms with van der Waals surface area (Å²) in [7, 11) is 0. The number of fused-ring (bicyclic) bond motifs is 3. The van der Waals surface area contributed by atoms with E-state index >= 15 is 0 Å². The van der Waals surface area contributed by atoms with E-state index in [-0.39, 0.29) is 6.61 Å². The molecule has 1 aromatic heterocycles. The Morgan fingerprint density at radius 2 is 1.88 bits per heavy atom. The molecule has 3 rings (SSSR count). The van der Waals surface area contributed by atoms with Gasteiger partial charge in [-0.2, -0.15) is 0 Å². The van der Waals surface area contributed by atoms with Crippen LogP contribution in [0.3, 0.4) is 0 Å². The summed E-state index contributed by atoms with van der Waals surface area (Å²) in [6, 6.07) is 12.0. The van der Waals surface area contributed by atoms with Crippen LogP contribution in [0.4, 0.5) is 0 Å². The third kappa shape index (κ3) is 1.17. The molecule has 0 aliphatic carbocycles. The lowest BCUT2D eigenvalue weighted by molar-refractivity contribution is 0.281. The molecule has 0 saturated heterocycles. The van der Waals surface area contributed by atoms with Crippen molar-refractivity contribution in [2.45, 2.75) is 13.5 Å². The number of hydrogen-bond acceptors (Lipinski definition) is 2. The van der Waals surface area contributed by atoms with Gasteiger partial charge in [0.05, 0.1) is 6.61 Å². The van der Waals surface area contributed by atoms with Gasteiger partial charge in [0, 0.05) is 10.8 Å². The van der Waals surface area contributed by atoms with E-state index in [1.807, 2.05) is 37.3 Å². The largest absolute Gasteiger partial charge is 0.456 e. The molecular weight excluding hydrogens is 200 g/mol. The highest BCUT2D eigenvalue weighted by molar-refractivity contribution is 6.05. The molecule has 0 fully saturated rings. The second-order valence-electron chi connectivity index (χ2n) is 3.98. The normalized spacial score (nSPS) is 11.4. The smallest absolute Gasteiger partial charge is 0.138 e. The van der Waals surface area contributed by atoms with Crippen LogP contribution in [0, 0.1) is 6.92 Å². The minimum absolute atomic E-state index is 0.0544. The maximum atomic E-state index is 9.21. The fraction of sp³-hybridized carbons (Fsp3) is 0.143. The number of furan rings is 1. The number of aliphatic hydroxyl groups is 1. The maximum absolute atomic E-state index is 9.21. The fourth-order valence-electron chi connectivity index (χ4n) is 2.14. The number of para-hydroxylation sites is 1. The molecule has 3 aromatic rings. The average molecular weight is 212 g/mol. The van der Waals surface area contributed by atoms with Crippen molar-refractivity contribution in [2.24, 2.45) is 0 Å². The number of hydrogen-bond donors (Lipinski definition) is 1. The number of benzene rings is 2. The summed E-state index contributed by atoms with van der Waals surface area (Å²) in [5.41, 5.74) is 3.73. The van der Waals surface area contributed by atoms with E-state index in [0.29, 0.717) is 0 Å². The molecule has 0 unspecified atom stereocenters. The van der Waals surface area contributed by atoms with Crippen molar-refractivity contribution in [3.8, 4) is 0 Å². The number of rotatable bonds is 1. The zero-order valence-corrected chi connectivity index (χ0v) is 9.03. The molecule has 80 valence electrons. The molecule has 0 amide bonds. The SMILES string of the molecule is Cc1c(CO)ccc2c1oc1ccccc12. The van der Waals surface area contributed by atoms with Crippen molar-refractivity contribution in [1.82, 2.24) is 0 Å². The first-order valence-corrected chi connectivity index (χ1v) is 5.32. The quantitative estimate of drug-likeness (QED) is 0.670. The van der Waals surface area contributed by atoms with Crippen molar-refractivity contribution < 1.29 is 9.52 Å². The predicted octanol–water partition coefficient (Wildman–Crippen LogP) is 3.39. The van der Waals surface area contributed by atoms with Gasteiger partial charge in [-0.15, -0.1) is 0 Å². The monoisotopic (exact) mass is 212 g/mol. The Morgan fingerprint density at radius 1 is 1.06 bits per heavy atom. The van der Waals surface area contributed by atoms with E-state index in [9.17, 15) is 5.11 Å². The van der Waals surface area contributed by atoms with Crippen LogP contribution in [0.5, 0.6) is 0 Å². The van der Waals surface area contributed by atoms with Gasteiger partial charge in [0.2, 0.25) is 0 Å². The second-order valence-corrected chi connectivity index (χ2v) is 3.98. The second kappa shape index (κ2) is 3.35. The summed E-state index contributed by atoms with van der Waals surface area (Å²) in [4.78, 5) is 0. The number of aliphatic hydroxyl groups excluding tert-OH is 1. The van der Waals surface area contributed by atoms with E-state index in [2.05, 4.69) is 6.07 Å². The molecule has 0 atom stereocenters. The highest BCUT2D eigenvalue weighted by Gasteiger charge is 2.10. The first kappa shape index (κ1) is 9.43. The van der Waals surface area contributed by atoms with E-state index in [1.165, 1.54) is 0 Å². The molecule has 16 heavy (non-hydrogen) atoms. The molecule has 0 spiro atoms. The van der Waals surface area contributed by atoms with Gasteiger partial charge < -0.3 is 9.52 Å². The van der Waals surface area contributed by atoms with Crippen LogP contribution in [0.1, 0.15) is 11.1 Å². The summed E-state index contributed by atoms with van der Waals surface area (Å²) >= 11 is 0.